The molecule has 2 aromatic rings. The Kier molecular flexibility index (Phi) is 3.91. The summed E-state index contributed by atoms with van der Waals surface area (Å²) < 4.78 is 10.9. The Bertz CT molecular complexity index is 634. The SMILES string of the molecule is COc1ccc2c(c1)OCC(CCc1ccccc1)C2=O. The summed E-state index contributed by atoms with van der Waals surface area (Å²) in [6.45, 7) is 0.450. The normalized spacial score (nSPS) is 17.0. The van der Waals surface area contributed by atoms with E-state index in [1.807, 2.05) is 18.2 Å². The third kappa shape index (κ3) is 2.92. The summed E-state index contributed by atoms with van der Waals surface area (Å²) in [5.41, 5.74) is 1.92. The molecule has 0 saturated heterocycles. The van der Waals surface area contributed by atoms with Crippen LogP contribution in [0.15, 0.2) is 48.5 Å². The molecule has 3 rings (SSSR count). The van der Waals surface area contributed by atoms with Crippen LogP contribution in [0.2, 0.25) is 0 Å². The number of ketones is 1. The molecule has 0 amide bonds. The number of benzene rings is 2. The molecule has 108 valence electrons. The number of hydrogen-bond acceptors (Lipinski definition) is 3. The van der Waals surface area contributed by atoms with Crippen LogP contribution in [0.1, 0.15) is 22.3 Å². The minimum Gasteiger partial charge on any atom is -0.497 e. The van der Waals surface area contributed by atoms with E-state index in [9.17, 15) is 4.79 Å². The fraction of sp³-hybridized carbons (Fsp3) is 0.278. The fourth-order valence-corrected chi connectivity index (χ4v) is 2.64. The van der Waals surface area contributed by atoms with Gasteiger partial charge in [-0.3, -0.25) is 4.79 Å². The van der Waals surface area contributed by atoms with Crippen LogP contribution in [0, 0.1) is 5.92 Å². The Morgan fingerprint density at radius 3 is 2.76 bits per heavy atom. The van der Waals surface area contributed by atoms with Crippen LogP contribution in [0.25, 0.3) is 0 Å². The van der Waals surface area contributed by atoms with Crippen molar-refractivity contribution in [2.75, 3.05) is 13.7 Å². The Balaban J connectivity index is 1.70. The van der Waals surface area contributed by atoms with Crippen molar-refractivity contribution in [2.24, 2.45) is 5.92 Å². The van der Waals surface area contributed by atoms with Gasteiger partial charge in [-0.2, -0.15) is 0 Å². The van der Waals surface area contributed by atoms with Crippen molar-refractivity contribution >= 4 is 5.78 Å². The first-order valence-electron chi connectivity index (χ1n) is 7.17. The number of aryl methyl sites for hydroxylation is 1. The van der Waals surface area contributed by atoms with E-state index in [1.165, 1.54) is 5.56 Å². The van der Waals surface area contributed by atoms with Gasteiger partial charge in [-0.1, -0.05) is 30.3 Å². The smallest absolute Gasteiger partial charge is 0.173 e. The lowest BCUT2D eigenvalue weighted by Gasteiger charge is -2.24. The number of rotatable bonds is 4. The highest BCUT2D eigenvalue weighted by atomic mass is 16.5. The molecular weight excluding hydrogens is 264 g/mol. The van der Waals surface area contributed by atoms with Crippen molar-refractivity contribution in [1.82, 2.24) is 0 Å². The molecule has 2 aromatic carbocycles. The number of methoxy groups -OCH3 is 1. The van der Waals surface area contributed by atoms with Crippen LogP contribution in [0.5, 0.6) is 11.5 Å². The molecular formula is C18H18O3. The fourth-order valence-electron chi connectivity index (χ4n) is 2.64. The lowest BCUT2D eigenvalue weighted by molar-refractivity contribution is 0.0821. The zero-order valence-electron chi connectivity index (χ0n) is 12.0. The average molecular weight is 282 g/mol. The van der Waals surface area contributed by atoms with E-state index in [-0.39, 0.29) is 11.7 Å². The molecule has 1 unspecified atom stereocenters. The number of carbonyl (C=O) groups excluding carboxylic acids is 1. The molecule has 1 aliphatic rings. The van der Waals surface area contributed by atoms with Gasteiger partial charge in [-0.15, -0.1) is 0 Å². The van der Waals surface area contributed by atoms with Crippen LogP contribution in [0.4, 0.5) is 0 Å². The maximum Gasteiger partial charge on any atom is 0.173 e. The number of carbonyl (C=O) groups is 1. The van der Waals surface area contributed by atoms with E-state index in [0.29, 0.717) is 23.7 Å². The lowest BCUT2D eigenvalue weighted by atomic mass is 9.90. The Hall–Kier alpha value is -2.29. The van der Waals surface area contributed by atoms with E-state index >= 15 is 0 Å². The Morgan fingerprint density at radius 2 is 2.00 bits per heavy atom. The third-order valence-corrected chi connectivity index (χ3v) is 3.89. The molecule has 0 spiro atoms. The van der Waals surface area contributed by atoms with Gasteiger partial charge in [0.25, 0.3) is 0 Å². The van der Waals surface area contributed by atoms with Crippen molar-refractivity contribution < 1.29 is 14.3 Å². The summed E-state index contributed by atoms with van der Waals surface area (Å²) in [6.07, 6.45) is 1.71. The molecule has 0 aliphatic carbocycles. The van der Waals surface area contributed by atoms with Gasteiger partial charge in [0.15, 0.2) is 5.78 Å². The van der Waals surface area contributed by atoms with Crippen LogP contribution in [-0.2, 0) is 6.42 Å². The van der Waals surface area contributed by atoms with Crippen LogP contribution >= 0.6 is 0 Å². The molecule has 1 heterocycles. The molecule has 0 fully saturated rings. The highest BCUT2D eigenvalue weighted by molar-refractivity contribution is 6.01. The summed E-state index contributed by atoms with van der Waals surface area (Å²) >= 11 is 0. The largest absolute Gasteiger partial charge is 0.497 e. The van der Waals surface area contributed by atoms with Crippen molar-refractivity contribution in [3.05, 3.63) is 59.7 Å². The first-order valence-corrected chi connectivity index (χ1v) is 7.17. The minimum absolute atomic E-state index is 0.0638. The minimum atomic E-state index is -0.0638. The van der Waals surface area contributed by atoms with Gasteiger partial charge >= 0.3 is 0 Å². The molecule has 1 aliphatic heterocycles. The molecule has 3 nitrogen and oxygen atoms in total. The van der Waals surface area contributed by atoms with Crippen LogP contribution in [-0.4, -0.2) is 19.5 Å². The van der Waals surface area contributed by atoms with Gasteiger partial charge in [0.1, 0.15) is 11.5 Å². The topological polar surface area (TPSA) is 35.5 Å². The van der Waals surface area contributed by atoms with Crippen molar-refractivity contribution in [3.63, 3.8) is 0 Å². The quantitative estimate of drug-likeness (QED) is 0.860. The highest BCUT2D eigenvalue weighted by Gasteiger charge is 2.28. The van der Waals surface area contributed by atoms with E-state index in [1.54, 1.807) is 25.3 Å². The van der Waals surface area contributed by atoms with Gasteiger partial charge < -0.3 is 9.47 Å². The first kappa shape index (κ1) is 13.7. The molecule has 0 N–H and O–H groups in total. The monoisotopic (exact) mass is 282 g/mol. The van der Waals surface area contributed by atoms with Gasteiger partial charge in [0.05, 0.1) is 25.2 Å². The number of ether oxygens (including phenoxy) is 2. The third-order valence-electron chi connectivity index (χ3n) is 3.89. The first-order chi connectivity index (χ1) is 10.3. The Morgan fingerprint density at radius 1 is 1.19 bits per heavy atom. The second kappa shape index (κ2) is 6.00. The molecule has 0 radical (unpaired) electrons. The predicted octanol–water partition coefficient (Wildman–Crippen LogP) is 3.52. The van der Waals surface area contributed by atoms with Gasteiger partial charge in [-0.25, -0.2) is 0 Å². The van der Waals surface area contributed by atoms with Crippen LogP contribution in [0.3, 0.4) is 0 Å². The number of Topliss-reactive ketones (excluding diaryl/α,β-unsaturated/α-hetero) is 1. The molecule has 21 heavy (non-hydrogen) atoms. The van der Waals surface area contributed by atoms with E-state index in [2.05, 4.69) is 12.1 Å². The van der Waals surface area contributed by atoms with Crippen molar-refractivity contribution in [1.29, 1.82) is 0 Å². The molecule has 0 saturated carbocycles. The van der Waals surface area contributed by atoms with Crippen molar-refractivity contribution in [3.8, 4) is 11.5 Å². The van der Waals surface area contributed by atoms with Gasteiger partial charge in [0, 0.05) is 6.07 Å². The molecule has 3 heteroatoms. The highest BCUT2D eigenvalue weighted by Crippen LogP contribution is 2.32. The Labute approximate surface area is 124 Å². The van der Waals surface area contributed by atoms with Gasteiger partial charge in [-0.05, 0) is 30.5 Å². The van der Waals surface area contributed by atoms with Gasteiger partial charge in [0.2, 0.25) is 0 Å². The number of hydrogen-bond donors (Lipinski definition) is 0. The van der Waals surface area contributed by atoms with E-state index in [4.69, 9.17) is 9.47 Å². The number of fused-ring (bicyclic) bond motifs is 1. The molecule has 1 atom stereocenters. The van der Waals surface area contributed by atoms with Crippen molar-refractivity contribution in [2.45, 2.75) is 12.8 Å². The summed E-state index contributed by atoms with van der Waals surface area (Å²) in [7, 11) is 1.61. The second-order valence-electron chi connectivity index (χ2n) is 5.26. The molecule has 0 aromatic heterocycles. The standard InChI is InChI=1S/C18H18O3/c1-20-15-9-10-16-17(11-15)21-12-14(18(16)19)8-7-13-5-3-2-4-6-13/h2-6,9-11,14H,7-8,12H2,1H3. The second-order valence-corrected chi connectivity index (χ2v) is 5.26. The lowest BCUT2D eigenvalue weighted by Crippen LogP contribution is -2.28. The van der Waals surface area contributed by atoms with E-state index < -0.39 is 0 Å². The summed E-state index contributed by atoms with van der Waals surface area (Å²) in [6, 6.07) is 15.6. The summed E-state index contributed by atoms with van der Waals surface area (Å²) in [4.78, 5) is 12.5. The summed E-state index contributed by atoms with van der Waals surface area (Å²) in [5, 5.41) is 0. The summed E-state index contributed by atoms with van der Waals surface area (Å²) in [5.74, 6) is 1.46. The maximum atomic E-state index is 12.5. The predicted molar refractivity (Wildman–Crippen MR) is 81.1 cm³/mol. The van der Waals surface area contributed by atoms with Crippen LogP contribution < -0.4 is 9.47 Å². The average Bonchev–Trinajstić information content (AvgIpc) is 2.55. The maximum absolute atomic E-state index is 12.5. The van der Waals surface area contributed by atoms with E-state index in [0.717, 1.165) is 12.8 Å². The zero-order chi connectivity index (χ0) is 14.7. The zero-order valence-corrected chi connectivity index (χ0v) is 12.0. The molecule has 0 bridgehead atoms.